The number of carbonyl (C=O) groups is 2. The molecule has 2 rings (SSSR count). The Hall–Kier alpha value is -1.49. The number of anilines is 1. The highest BCUT2D eigenvalue weighted by Crippen LogP contribution is 2.34. The fraction of sp³-hybridized carbons (Fsp3) is 0.500. The van der Waals surface area contributed by atoms with E-state index in [1.165, 1.54) is 37.5 Å². The maximum Gasteiger partial charge on any atom is 0.246 e. The lowest BCUT2D eigenvalue weighted by atomic mass is 10.2. The molecule has 4 nitrogen and oxygen atoms in total. The van der Waals surface area contributed by atoms with E-state index < -0.39 is 6.04 Å². The van der Waals surface area contributed by atoms with Crippen molar-refractivity contribution in [1.29, 1.82) is 0 Å². The van der Waals surface area contributed by atoms with Gasteiger partial charge < -0.3 is 10.6 Å². The third kappa shape index (κ3) is 5.08. The highest BCUT2D eigenvalue weighted by molar-refractivity contribution is 8.00. The molecular weight excluding hydrogens is 284 g/mol. The van der Waals surface area contributed by atoms with Gasteiger partial charge in [0.25, 0.3) is 0 Å². The third-order valence-corrected chi connectivity index (χ3v) is 4.89. The second-order valence-corrected chi connectivity index (χ2v) is 6.83. The molecule has 1 atom stereocenters. The van der Waals surface area contributed by atoms with Crippen molar-refractivity contribution >= 4 is 29.3 Å². The van der Waals surface area contributed by atoms with Gasteiger partial charge in [-0.2, -0.15) is 0 Å². The molecule has 2 N–H and O–H groups in total. The average Bonchev–Trinajstić information content (AvgIpc) is 2.93. The van der Waals surface area contributed by atoms with Crippen molar-refractivity contribution in [2.24, 2.45) is 0 Å². The van der Waals surface area contributed by atoms with Crippen LogP contribution < -0.4 is 10.6 Å². The highest BCUT2D eigenvalue weighted by Gasteiger charge is 2.16. The SMILES string of the molecule is CC(=O)NC(C)C(=O)Nc1ccc(SC2CCCC2)cc1. The molecular formula is C16H22N2O2S. The lowest BCUT2D eigenvalue weighted by molar-refractivity contribution is -0.124. The highest BCUT2D eigenvalue weighted by atomic mass is 32.2. The Balaban J connectivity index is 1.86. The number of nitrogens with one attached hydrogen (secondary N) is 2. The van der Waals surface area contributed by atoms with Crippen LogP contribution >= 0.6 is 11.8 Å². The lowest BCUT2D eigenvalue weighted by Gasteiger charge is -2.13. The summed E-state index contributed by atoms with van der Waals surface area (Å²) in [6.07, 6.45) is 5.29. The van der Waals surface area contributed by atoms with Gasteiger partial charge in [-0.3, -0.25) is 9.59 Å². The second kappa shape index (κ2) is 7.50. The Morgan fingerprint density at radius 2 is 1.81 bits per heavy atom. The molecule has 0 spiro atoms. The summed E-state index contributed by atoms with van der Waals surface area (Å²) < 4.78 is 0. The van der Waals surface area contributed by atoms with Crippen LogP contribution in [-0.4, -0.2) is 23.1 Å². The number of hydrogen-bond acceptors (Lipinski definition) is 3. The molecule has 1 fully saturated rings. The molecule has 0 bridgehead atoms. The fourth-order valence-electron chi connectivity index (χ4n) is 2.44. The van der Waals surface area contributed by atoms with E-state index in [1.54, 1.807) is 6.92 Å². The van der Waals surface area contributed by atoms with Crippen molar-refractivity contribution in [1.82, 2.24) is 5.32 Å². The van der Waals surface area contributed by atoms with Gasteiger partial charge in [0.2, 0.25) is 11.8 Å². The smallest absolute Gasteiger partial charge is 0.246 e. The minimum absolute atomic E-state index is 0.207. The Kier molecular flexibility index (Phi) is 5.67. The Morgan fingerprint density at radius 1 is 1.19 bits per heavy atom. The summed E-state index contributed by atoms with van der Waals surface area (Å²) in [5, 5.41) is 6.11. The second-order valence-electron chi connectivity index (χ2n) is 5.46. The van der Waals surface area contributed by atoms with E-state index in [9.17, 15) is 9.59 Å². The van der Waals surface area contributed by atoms with Gasteiger partial charge in [0.15, 0.2) is 0 Å². The maximum absolute atomic E-state index is 11.9. The Labute approximate surface area is 130 Å². The van der Waals surface area contributed by atoms with Crippen molar-refractivity contribution in [3.63, 3.8) is 0 Å². The first-order chi connectivity index (χ1) is 10.0. The van der Waals surface area contributed by atoms with Crippen LogP contribution in [0.1, 0.15) is 39.5 Å². The zero-order valence-corrected chi connectivity index (χ0v) is 13.3. The molecule has 2 amide bonds. The summed E-state index contributed by atoms with van der Waals surface area (Å²) in [5.41, 5.74) is 0.757. The maximum atomic E-state index is 11.9. The first-order valence-corrected chi connectivity index (χ1v) is 8.27. The van der Waals surface area contributed by atoms with Crippen molar-refractivity contribution in [3.05, 3.63) is 24.3 Å². The molecule has 114 valence electrons. The number of hydrogen-bond donors (Lipinski definition) is 2. The van der Waals surface area contributed by atoms with Gasteiger partial charge in [0.05, 0.1) is 0 Å². The minimum Gasteiger partial charge on any atom is -0.345 e. The Morgan fingerprint density at radius 3 is 2.38 bits per heavy atom. The van der Waals surface area contributed by atoms with E-state index in [2.05, 4.69) is 10.6 Å². The quantitative estimate of drug-likeness (QED) is 0.878. The van der Waals surface area contributed by atoms with Crippen molar-refractivity contribution in [2.75, 3.05) is 5.32 Å². The standard InChI is InChI=1S/C16H22N2O2S/c1-11(17-12(2)19)16(20)18-13-7-9-15(10-8-13)21-14-5-3-4-6-14/h7-11,14H,3-6H2,1-2H3,(H,17,19)(H,18,20). The van der Waals surface area contributed by atoms with E-state index in [-0.39, 0.29) is 11.8 Å². The van der Waals surface area contributed by atoms with E-state index in [4.69, 9.17) is 0 Å². The largest absolute Gasteiger partial charge is 0.345 e. The molecule has 1 unspecified atom stereocenters. The van der Waals surface area contributed by atoms with Gasteiger partial charge in [0, 0.05) is 22.8 Å². The van der Waals surface area contributed by atoms with Crippen LogP contribution in [0, 0.1) is 0 Å². The molecule has 5 heteroatoms. The number of thioether (sulfide) groups is 1. The molecule has 21 heavy (non-hydrogen) atoms. The van der Waals surface area contributed by atoms with Crippen molar-refractivity contribution in [2.45, 2.75) is 55.7 Å². The van der Waals surface area contributed by atoms with Crippen molar-refractivity contribution in [3.8, 4) is 0 Å². The van der Waals surface area contributed by atoms with E-state index in [0.717, 1.165) is 10.9 Å². The number of amides is 2. The number of rotatable bonds is 5. The Bertz CT molecular complexity index is 496. The molecule has 0 heterocycles. The first kappa shape index (κ1) is 15.9. The molecule has 1 aliphatic rings. The first-order valence-electron chi connectivity index (χ1n) is 7.39. The predicted molar refractivity (Wildman–Crippen MR) is 86.5 cm³/mol. The molecule has 1 aromatic carbocycles. The van der Waals surface area contributed by atoms with Crippen molar-refractivity contribution < 1.29 is 9.59 Å². The average molecular weight is 306 g/mol. The monoisotopic (exact) mass is 306 g/mol. The van der Waals surface area contributed by atoms with Crippen LogP contribution in [0.3, 0.4) is 0 Å². The number of benzene rings is 1. The molecule has 1 aromatic rings. The van der Waals surface area contributed by atoms with E-state index in [1.807, 2.05) is 36.0 Å². The van der Waals surface area contributed by atoms with Crippen LogP contribution in [-0.2, 0) is 9.59 Å². The molecule has 0 saturated heterocycles. The molecule has 0 aliphatic heterocycles. The van der Waals surface area contributed by atoms with Crippen LogP contribution in [0.15, 0.2) is 29.2 Å². The fourth-order valence-corrected chi connectivity index (χ4v) is 3.68. The van der Waals surface area contributed by atoms with Crippen LogP contribution in [0.2, 0.25) is 0 Å². The summed E-state index contributed by atoms with van der Waals surface area (Å²) in [4.78, 5) is 24.1. The summed E-state index contributed by atoms with van der Waals surface area (Å²) in [7, 11) is 0. The zero-order valence-electron chi connectivity index (χ0n) is 12.5. The zero-order chi connectivity index (χ0) is 15.2. The van der Waals surface area contributed by atoms with Crippen LogP contribution in [0.4, 0.5) is 5.69 Å². The predicted octanol–water partition coefficient (Wildman–Crippen LogP) is 3.18. The molecule has 0 aromatic heterocycles. The van der Waals surface area contributed by atoms with Gasteiger partial charge in [-0.15, -0.1) is 11.8 Å². The summed E-state index contributed by atoms with van der Waals surface area (Å²) >= 11 is 1.92. The summed E-state index contributed by atoms with van der Waals surface area (Å²) in [5.74, 6) is -0.414. The van der Waals surface area contributed by atoms with E-state index in [0.29, 0.717) is 0 Å². The van der Waals surface area contributed by atoms with Gasteiger partial charge in [-0.05, 0) is 44.0 Å². The topological polar surface area (TPSA) is 58.2 Å². The third-order valence-electron chi connectivity index (χ3n) is 3.54. The van der Waals surface area contributed by atoms with Crippen LogP contribution in [0.5, 0.6) is 0 Å². The molecule has 1 aliphatic carbocycles. The minimum atomic E-state index is -0.532. The van der Waals surface area contributed by atoms with Gasteiger partial charge in [-0.1, -0.05) is 12.8 Å². The number of carbonyl (C=O) groups excluding carboxylic acids is 2. The summed E-state index contributed by atoms with van der Waals surface area (Å²) in [6, 6.07) is 7.38. The molecule has 1 saturated carbocycles. The van der Waals surface area contributed by atoms with Crippen LogP contribution in [0.25, 0.3) is 0 Å². The van der Waals surface area contributed by atoms with E-state index >= 15 is 0 Å². The van der Waals surface area contributed by atoms with Gasteiger partial charge in [-0.25, -0.2) is 0 Å². The lowest BCUT2D eigenvalue weighted by Crippen LogP contribution is -2.40. The summed E-state index contributed by atoms with van der Waals surface area (Å²) in [6.45, 7) is 3.07. The molecule has 0 radical (unpaired) electrons. The normalized spacial score (nSPS) is 16.5. The van der Waals surface area contributed by atoms with Gasteiger partial charge >= 0.3 is 0 Å². The van der Waals surface area contributed by atoms with Gasteiger partial charge in [0.1, 0.15) is 6.04 Å².